The molecule has 0 radical (unpaired) electrons. The van der Waals surface area contributed by atoms with E-state index < -0.39 is 0 Å². The second kappa shape index (κ2) is 4.29. The Morgan fingerprint density at radius 1 is 1.38 bits per heavy atom. The van der Waals surface area contributed by atoms with Crippen LogP contribution in [0.5, 0.6) is 0 Å². The van der Waals surface area contributed by atoms with Crippen LogP contribution in [0.3, 0.4) is 0 Å². The first-order chi connectivity index (χ1) is 7.92. The molecule has 0 aliphatic heterocycles. The maximum absolute atomic E-state index is 4.31. The van der Waals surface area contributed by atoms with Crippen molar-refractivity contribution >= 4 is 17.2 Å². The van der Waals surface area contributed by atoms with Crippen LogP contribution in [0.1, 0.15) is 25.7 Å². The van der Waals surface area contributed by atoms with Gasteiger partial charge in [-0.1, -0.05) is 18.9 Å². The number of hydrogen-bond donors (Lipinski definition) is 2. The molecule has 2 heterocycles. The van der Waals surface area contributed by atoms with Crippen molar-refractivity contribution in [3.63, 3.8) is 0 Å². The molecule has 0 aromatic carbocycles. The largest absolute Gasteiger partial charge is 0.366 e. The molecule has 0 saturated heterocycles. The fourth-order valence-corrected chi connectivity index (χ4v) is 2.93. The molecule has 2 N–H and O–H groups in total. The highest BCUT2D eigenvalue weighted by Crippen LogP contribution is 2.26. The van der Waals surface area contributed by atoms with E-state index in [1.165, 1.54) is 30.6 Å². The predicted molar refractivity (Wildman–Crippen MR) is 67.8 cm³/mol. The topological polar surface area (TPSA) is 40.7 Å². The van der Waals surface area contributed by atoms with Gasteiger partial charge in [-0.3, -0.25) is 5.10 Å². The van der Waals surface area contributed by atoms with E-state index in [-0.39, 0.29) is 0 Å². The second-order valence-corrected chi connectivity index (χ2v) is 5.22. The minimum Gasteiger partial charge on any atom is -0.366 e. The van der Waals surface area contributed by atoms with Crippen LogP contribution in [-0.2, 0) is 0 Å². The number of hydrogen-bond acceptors (Lipinski definition) is 3. The summed E-state index contributed by atoms with van der Waals surface area (Å²) in [6, 6.07) is 6.89. The van der Waals surface area contributed by atoms with Crippen molar-refractivity contribution in [1.29, 1.82) is 0 Å². The standard InChI is InChI=1S/C12H15N3S/c1-2-5-9(4-1)13-12-8-10(14-15-12)11-6-3-7-16-11/h3,6-9H,1-2,4-5H2,(H2,13,14,15). The Morgan fingerprint density at radius 3 is 3.00 bits per heavy atom. The smallest absolute Gasteiger partial charge is 0.148 e. The Morgan fingerprint density at radius 2 is 2.25 bits per heavy atom. The van der Waals surface area contributed by atoms with Crippen LogP contribution in [0.15, 0.2) is 23.6 Å². The average Bonchev–Trinajstić information content (AvgIpc) is 2.99. The third kappa shape index (κ3) is 1.97. The van der Waals surface area contributed by atoms with Crippen molar-refractivity contribution in [1.82, 2.24) is 10.2 Å². The SMILES string of the molecule is c1csc(-c2cc(NC3CCCC3)n[nH]2)c1. The van der Waals surface area contributed by atoms with Gasteiger partial charge >= 0.3 is 0 Å². The number of aromatic nitrogens is 2. The quantitative estimate of drug-likeness (QED) is 0.852. The van der Waals surface area contributed by atoms with E-state index in [2.05, 4.69) is 39.1 Å². The lowest BCUT2D eigenvalue weighted by molar-refractivity contribution is 0.749. The van der Waals surface area contributed by atoms with Gasteiger partial charge in [0.05, 0.1) is 10.6 Å². The van der Waals surface area contributed by atoms with Crippen LogP contribution in [0.25, 0.3) is 10.6 Å². The summed E-state index contributed by atoms with van der Waals surface area (Å²) >= 11 is 1.73. The average molecular weight is 233 g/mol. The molecule has 3 rings (SSSR count). The number of nitrogens with zero attached hydrogens (tertiary/aromatic N) is 1. The Labute approximate surface area is 98.9 Å². The van der Waals surface area contributed by atoms with E-state index in [4.69, 9.17) is 0 Å². The van der Waals surface area contributed by atoms with Gasteiger partial charge in [-0.15, -0.1) is 11.3 Å². The Hall–Kier alpha value is -1.29. The Kier molecular flexibility index (Phi) is 2.66. The summed E-state index contributed by atoms with van der Waals surface area (Å²) in [5, 5.41) is 13.0. The molecule has 0 amide bonds. The van der Waals surface area contributed by atoms with Crippen molar-refractivity contribution in [2.75, 3.05) is 5.32 Å². The molecule has 0 atom stereocenters. The maximum atomic E-state index is 4.31. The molecule has 0 unspecified atom stereocenters. The zero-order chi connectivity index (χ0) is 10.8. The number of aromatic amines is 1. The molecule has 2 aromatic rings. The van der Waals surface area contributed by atoms with Gasteiger partial charge in [0.15, 0.2) is 0 Å². The summed E-state index contributed by atoms with van der Waals surface area (Å²) in [5.41, 5.74) is 1.11. The molecule has 1 fully saturated rings. The molecule has 84 valence electrons. The number of anilines is 1. The molecule has 0 bridgehead atoms. The van der Waals surface area contributed by atoms with E-state index in [9.17, 15) is 0 Å². The van der Waals surface area contributed by atoms with Crippen LogP contribution in [-0.4, -0.2) is 16.2 Å². The van der Waals surface area contributed by atoms with E-state index in [0.717, 1.165) is 11.5 Å². The van der Waals surface area contributed by atoms with Gasteiger partial charge in [-0.25, -0.2) is 0 Å². The van der Waals surface area contributed by atoms with Crippen molar-refractivity contribution < 1.29 is 0 Å². The summed E-state index contributed by atoms with van der Waals surface area (Å²) in [4.78, 5) is 1.24. The van der Waals surface area contributed by atoms with Gasteiger partial charge in [0, 0.05) is 12.1 Å². The third-order valence-electron chi connectivity index (χ3n) is 3.07. The van der Waals surface area contributed by atoms with Crippen molar-refractivity contribution in [3.8, 4) is 10.6 Å². The maximum Gasteiger partial charge on any atom is 0.148 e. The third-order valence-corrected chi connectivity index (χ3v) is 3.97. The zero-order valence-corrected chi connectivity index (χ0v) is 9.89. The second-order valence-electron chi connectivity index (χ2n) is 4.27. The molecule has 4 heteroatoms. The summed E-state index contributed by atoms with van der Waals surface area (Å²) in [7, 11) is 0. The van der Waals surface area contributed by atoms with E-state index in [1.54, 1.807) is 11.3 Å². The monoisotopic (exact) mass is 233 g/mol. The Balaban J connectivity index is 1.72. The molecular weight excluding hydrogens is 218 g/mol. The molecule has 1 aliphatic rings. The first-order valence-electron chi connectivity index (χ1n) is 5.77. The fraction of sp³-hybridized carbons (Fsp3) is 0.417. The summed E-state index contributed by atoms with van der Waals surface area (Å²) in [5.74, 6) is 0.982. The number of rotatable bonds is 3. The van der Waals surface area contributed by atoms with Crippen molar-refractivity contribution in [3.05, 3.63) is 23.6 Å². The lowest BCUT2D eigenvalue weighted by atomic mass is 10.2. The zero-order valence-electron chi connectivity index (χ0n) is 9.07. The predicted octanol–water partition coefficient (Wildman–Crippen LogP) is 3.49. The van der Waals surface area contributed by atoms with Gasteiger partial charge in [0.1, 0.15) is 5.82 Å². The van der Waals surface area contributed by atoms with E-state index in [0.29, 0.717) is 6.04 Å². The van der Waals surface area contributed by atoms with Crippen LogP contribution in [0.4, 0.5) is 5.82 Å². The Bertz CT molecular complexity index is 441. The van der Waals surface area contributed by atoms with Gasteiger partial charge in [0.25, 0.3) is 0 Å². The van der Waals surface area contributed by atoms with Crippen LogP contribution >= 0.6 is 11.3 Å². The normalized spacial score (nSPS) is 16.8. The number of thiophene rings is 1. The van der Waals surface area contributed by atoms with Crippen LogP contribution < -0.4 is 5.32 Å². The summed E-state index contributed by atoms with van der Waals surface area (Å²) in [6.07, 6.45) is 5.25. The van der Waals surface area contributed by atoms with Gasteiger partial charge in [-0.05, 0) is 24.3 Å². The molecular formula is C12H15N3S. The van der Waals surface area contributed by atoms with Crippen LogP contribution in [0.2, 0.25) is 0 Å². The van der Waals surface area contributed by atoms with Gasteiger partial charge in [0.2, 0.25) is 0 Å². The minimum atomic E-state index is 0.625. The lowest BCUT2D eigenvalue weighted by Crippen LogP contribution is -2.14. The number of H-pyrrole nitrogens is 1. The highest BCUT2D eigenvalue weighted by Gasteiger charge is 2.15. The van der Waals surface area contributed by atoms with Gasteiger partial charge < -0.3 is 5.32 Å². The molecule has 1 saturated carbocycles. The molecule has 0 spiro atoms. The van der Waals surface area contributed by atoms with Crippen molar-refractivity contribution in [2.45, 2.75) is 31.7 Å². The molecule has 2 aromatic heterocycles. The lowest BCUT2D eigenvalue weighted by Gasteiger charge is -2.09. The number of nitrogens with one attached hydrogen (secondary N) is 2. The molecule has 3 nitrogen and oxygen atoms in total. The highest BCUT2D eigenvalue weighted by atomic mass is 32.1. The minimum absolute atomic E-state index is 0.625. The summed E-state index contributed by atoms with van der Waals surface area (Å²) < 4.78 is 0. The van der Waals surface area contributed by atoms with Gasteiger partial charge in [-0.2, -0.15) is 5.10 Å². The molecule has 1 aliphatic carbocycles. The van der Waals surface area contributed by atoms with E-state index >= 15 is 0 Å². The molecule has 16 heavy (non-hydrogen) atoms. The highest BCUT2D eigenvalue weighted by molar-refractivity contribution is 7.13. The van der Waals surface area contributed by atoms with Crippen molar-refractivity contribution in [2.24, 2.45) is 0 Å². The fourth-order valence-electron chi connectivity index (χ4n) is 2.23. The van der Waals surface area contributed by atoms with Crippen LogP contribution in [0, 0.1) is 0 Å². The first-order valence-corrected chi connectivity index (χ1v) is 6.65. The first kappa shape index (κ1) is 9.90. The summed E-state index contributed by atoms with van der Waals surface area (Å²) in [6.45, 7) is 0. The van der Waals surface area contributed by atoms with E-state index in [1.807, 2.05) is 0 Å².